The Morgan fingerprint density at radius 2 is 1.62 bits per heavy atom. The van der Waals surface area contributed by atoms with Crippen molar-refractivity contribution in [2.24, 2.45) is 22.7 Å². The molecule has 3 fully saturated rings. The fourth-order valence-corrected chi connectivity index (χ4v) is 8.22. The molecular formula is C33H57N7O7S. The third-order valence-electron chi connectivity index (χ3n) is 10.4. The minimum Gasteiger partial charge on any atom is -0.347 e. The number of ketones is 1. The molecule has 0 radical (unpaired) electrons. The van der Waals surface area contributed by atoms with E-state index in [2.05, 4.69) is 27.8 Å². The van der Waals surface area contributed by atoms with Crippen molar-refractivity contribution in [3.8, 4) is 0 Å². The highest BCUT2D eigenvalue weighted by Gasteiger charge is 2.53. The van der Waals surface area contributed by atoms with Gasteiger partial charge in [-0.05, 0) is 48.3 Å². The van der Waals surface area contributed by atoms with Crippen molar-refractivity contribution in [3.63, 3.8) is 0 Å². The molecule has 0 aromatic heterocycles. The van der Waals surface area contributed by atoms with Crippen LogP contribution in [0.2, 0.25) is 0 Å². The molecule has 1 aliphatic heterocycles. The summed E-state index contributed by atoms with van der Waals surface area (Å²) in [5, 5.41) is 10.9. The van der Waals surface area contributed by atoms with E-state index in [0.717, 1.165) is 42.8 Å². The lowest BCUT2D eigenvalue weighted by Crippen LogP contribution is -2.63. The van der Waals surface area contributed by atoms with Gasteiger partial charge in [-0.3, -0.25) is 19.2 Å². The zero-order valence-electron chi connectivity index (χ0n) is 29.8. The minimum absolute atomic E-state index is 0.00930. The normalized spacial score (nSPS) is 23.6. The van der Waals surface area contributed by atoms with Gasteiger partial charge in [0.15, 0.2) is 0 Å². The molecule has 2 saturated carbocycles. The smallest absolute Gasteiger partial charge is 0.315 e. The SMILES string of the molecule is C=CCNC(=O)C(=O)CNC(=O)[C@@H]1[C@H]2CCC[C@H]2CN1C(=O)[C@@H](NC(=O)N[C@H](CN(C)S(=O)(=O)N(C)C)C(C)(C)C)C1(C)CCCCC1. The van der Waals surface area contributed by atoms with Crippen molar-refractivity contribution < 1.29 is 32.4 Å². The maximum atomic E-state index is 14.6. The lowest BCUT2D eigenvalue weighted by molar-refractivity contribution is -0.144. The van der Waals surface area contributed by atoms with Crippen LogP contribution in [0.1, 0.15) is 79.1 Å². The summed E-state index contributed by atoms with van der Waals surface area (Å²) < 4.78 is 27.8. The van der Waals surface area contributed by atoms with Gasteiger partial charge in [-0.15, -0.1) is 6.58 Å². The second-order valence-electron chi connectivity index (χ2n) is 15.2. The number of hydrogen-bond acceptors (Lipinski definition) is 7. The number of carbonyl (C=O) groups is 5. The Kier molecular flexibility index (Phi) is 13.2. The predicted octanol–water partition coefficient (Wildman–Crippen LogP) is 1.39. The van der Waals surface area contributed by atoms with Crippen LogP contribution >= 0.6 is 0 Å². The molecule has 2 aliphatic carbocycles. The van der Waals surface area contributed by atoms with E-state index in [0.29, 0.717) is 19.4 Å². The summed E-state index contributed by atoms with van der Waals surface area (Å²) in [6.07, 6.45) is 8.23. The first kappa shape index (κ1) is 39.4. The number of rotatable bonds is 14. The molecule has 5 atom stereocenters. The highest BCUT2D eigenvalue weighted by atomic mass is 32.2. The zero-order valence-corrected chi connectivity index (χ0v) is 30.6. The first-order chi connectivity index (χ1) is 22.3. The monoisotopic (exact) mass is 695 g/mol. The molecule has 3 rings (SSSR count). The molecule has 1 heterocycles. The van der Waals surface area contributed by atoms with Crippen LogP contribution in [0.4, 0.5) is 4.79 Å². The maximum Gasteiger partial charge on any atom is 0.315 e. The van der Waals surface area contributed by atoms with E-state index < -0.39 is 69.3 Å². The van der Waals surface area contributed by atoms with Crippen molar-refractivity contribution in [2.45, 2.75) is 97.2 Å². The largest absolute Gasteiger partial charge is 0.347 e. The van der Waals surface area contributed by atoms with E-state index in [-0.39, 0.29) is 30.8 Å². The molecule has 0 spiro atoms. The quantitative estimate of drug-likeness (QED) is 0.157. The summed E-state index contributed by atoms with van der Waals surface area (Å²) in [6, 6.07) is -2.96. The molecule has 0 aromatic carbocycles. The first-order valence-electron chi connectivity index (χ1n) is 17.0. The number of urea groups is 1. The molecule has 1 saturated heterocycles. The number of fused-ring (bicyclic) bond motifs is 1. The van der Waals surface area contributed by atoms with Crippen LogP contribution in [0.5, 0.6) is 0 Å². The Morgan fingerprint density at radius 1 is 0.979 bits per heavy atom. The predicted molar refractivity (Wildman–Crippen MR) is 183 cm³/mol. The Hall–Kier alpha value is -3.04. The van der Waals surface area contributed by atoms with E-state index in [4.69, 9.17) is 0 Å². The average molecular weight is 696 g/mol. The Bertz CT molecular complexity index is 1320. The number of hydrogen-bond donors (Lipinski definition) is 4. The Morgan fingerprint density at radius 3 is 2.21 bits per heavy atom. The van der Waals surface area contributed by atoms with Crippen LogP contribution in [-0.2, 0) is 29.4 Å². The lowest BCUT2D eigenvalue weighted by Gasteiger charge is -2.43. The van der Waals surface area contributed by atoms with Gasteiger partial charge in [0.05, 0.1) is 6.54 Å². The molecule has 272 valence electrons. The average Bonchev–Trinajstić information content (AvgIpc) is 3.62. The van der Waals surface area contributed by atoms with Crippen molar-refractivity contribution >= 4 is 39.7 Å². The number of Topliss-reactive ketones (excluding diaryl/α,β-unsaturated/α-hetero) is 1. The highest BCUT2D eigenvalue weighted by Crippen LogP contribution is 2.45. The molecule has 15 heteroatoms. The molecule has 3 aliphatic rings. The molecule has 0 aromatic rings. The second-order valence-corrected chi connectivity index (χ2v) is 17.4. The summed E-state index contributed by atoms with van der Waals surface area (Å²) in [7, 11) is 0.609. The first-order valence-corrected chi connectivity index (χ1v) is 18.4. The van der Waals surface area contributed by atoms with Gasteiger partial charge in [0.25, 0.3) is 16.1 Å². The third kappa shape index (κ3) is 9.35. The van der Waals surface area contributed by atoms with E-state index in [1.807, 2.05) is 27.7 Å². The third-order valence-corrected chi connectivity index (χ3v) is 12.2. The zero-order chi connectivity index (χ0) is 36.0. The topological polar surface area (TPSA) is 177 Å². The molecule has 5 amide bonds. The van der Waals surface area contributed by atoms with Crippen molar-refractivity contribution in [3.05, 3.63) is 12.7 Å². The number of nitrogens with zero attached hydrogens (tertiary/aromatic N) is 3. The summed E-state index contributed by atoms with van der Waals surface area (Å²) >= 11 is 0. The van der Waals surface area contributed by atoms with Gasteiger partial charge < -0.3 is 26.2 Å². The van der Waals surface area contributed by atoms with Gasteiger partial charge in [0, 0.05) is 46.8 Å². The van der Waals surface area contributed by atoms with Crippen molar-refractivity contribution in [2.75, 3.05) is 47.3 Å². The lowest BCUT2D eigenvalue weighted by atomic mass is 9.70. The van der Waals surface area contributed by atoms with Crippen molar-refractivity contribution in [1.82, 2.24) is 34.8 Å². The molecular weight excluding hydrogens is 638 g/mol. The van der Waals surface area contributed by atoms with Gasteiger partial charge >= 0.3 is 6.03 Å². The molecule has 0 bridgehead atoms. The summed E-state index contributed by atoms with van der Waals surface area (Å²) in [4.78, 5) is 68.1. The number of likely N-dealkylation sites (N-methyl/N-ethyl adjacent to an activating group) is 1. The Labute approximate surface area is 286 Å². The molecule has 14 nitrogen and oxygen atoms in total. The minimum atomic E-state index is -3.73. The summed E-state index contributed by atoms with van der Waals surface area (Å²) in [6.45, 7) is 11.2. The van der Waals surface area contributed by atoms with Crippen LogP contribution < -0.4 is 21.3 Å². The Balaban J connectivity index is 1.85. The number of likely N-dealkylation sites (tertiary alicyclic amines) is 1. The van der Waals surface area contributed by atoms with Gasteiger partial charge in [0.2, 0.25) is 17.6 Å². The van der Waals surface area contributed by atoms with E-state index in [1.165, 1.54) is 31.5 Å². The van der Waals surface area contributed by atoms with Gasteiger partial charge in [-0.2, -0.15) is 17.0 Å². The standard InChI is InChI=1S/C33H57N7O7S/c1-9-18-34-28(42)24(41)19-35-29(43)26-23-15-13-14-22(23)20-40(26)30(44)27(33(5)16-11-10-12-17-33)37-31(45)36-25(32(2,3)4)21-39(8)48(46,47)38(6)7/h9,22-23,25-27H,1,10-21H2,2-8H3,(H,34,42)(H,35,43)(H2,36,37,45)/t22-,23-,25+,26-,27+/m0/s1. The van der Waals surface area contributed by atoms with E-state index in [1.54, 1.807) is 4.90 Å². The van der Waals surface area contributed by atoms with Crippen LogP contribution in [0.3, 0.4) is 0 Å². The maximum absolute atomic E-state index is 14.6. The van der Waals surface area contributed by atoms with E-state index in [9.17, 15) is 32.4 Å². The number of nitrogens with one attached hydrogen (secondary N) is 4. The summed E-state index contributed by atoms with van der Waals surface area (Å²) in [5.41, 5.74) is -1.11. The van der Waals surface area contributed by atoms with Gasteiger partial charge in [-0.25, -0.2) is 4.79 Å². The highest BCUT2D eigenvalue weighted by molar-refractivity contribution is 7.86. The number of amides is 5. The van der Waals surface area contributed by atoms with Crippen LogP contribution in [0.15, 0.2) is 12.7 Å². The molecule has 48 heavy (non-hydrogen) atoms. The van der Waals surface area contributed by atoms with Crippen LogP contribution in [0, 0.1) is 22.7 Å². The van der Waals surface area contributed by atoms with Crippen molar-refractivity contribution in [1.29, 1.82) is 0 Å². The van der Waals surface area contributed by atoms with Gasteiger partial charge in [-0.1, -0.05) is 59.5 Å². The van der Waals surface area contributed by atoms with Gasteiger partial charge in [0.1, 0.15) is 12.1 Å². The molecule has 4 N–H and O–H groups in total. The van der Waals surface area contributed by atoms with Crippen LogP contribution in [0.25, 0.3) is 0 Å². The second kappa shape index (κ2) is 16.1. The molecule has 0 unspecified atom stereocenters. The van der Waals surface area contributed by atoms with E-state index >= 15 is 0 Å². The fraction of sp³-hybridized carbons (Fsp3) is 0.788. The summed E-state index contributed by atoms with van der Waals surface area (Å²) in [5.74, 6) is -2.44. The number of carbonyl (C=O) groups excluding carboxylic acids is 5. The van der Waals surface area contributed by atoms with Crippen LogP contribution in [-0.4, -0.2) is 117 Å². The fourth-order valence-electron chi connectivity index (χ4n) is 7.33.